The summed E-state index contributed by atoms with van der Waals surface area (Å²) in [6, 6.07) is 7.56. The maximum atomic E-state index is 6.03. The minimum Gasteiger partial charge on any atom is -0.444 e. The minimum absolute atomic E-state index is 0.310. The van der Waals surface area contributed by atoms with Gasteiger partial charge in [0.1, 0.15) is 6.26 Å². The topological polar surface area (TPSA) is 41.7 Å². The van der Waals surface area contributed by atoms with E-state index in [-0.39, 0.29) is 0 Å². The van der Waals surface area contributed by atoms with E-state index in [0.29, 0.717) is 23.1 Å². The molecule has 1 aliphatic rings. The molecule has 5 nitrogen and oxygen atoms in total. The molecule has 1 aliphatic heterocycles. The second-order valence-electron chi connectivity index (χ2n) is 6.91. The lowest BCUT2D eigenvalue weighted by atomic mass is 10.2. The van der Waals surface area contributed by atoms with Gasteiger partial charge in [-0.25, -0.2) is 4.98 Å². The van der Waals surface area contributed by atoms with Gasteiger partial charge in [-0.05, 0) is 39.1 Å². The van der Waals surface area contributed by atoms with Crippen molar-refractivity contribution >= 4 is 11.6 Å². The number of rotatable bonds is 6. The van der Waals surface area contributed by atoms with Crippen molar-refractivity contribution in [3.05, 3.63) is 41.2 Å². The summed E-state index contributed by atoms with van der Waals surface area (Å²) >= 11 is 6.03. The zero-order valence-corrected chi connectivity index (χ0v) is 15.9. The van der Waals surface area contributed by atoms with Crippen LogP contribution in [0.25, 0.3) is 11.5 Å². The van der Waals surface area contributed by atoms with Crippen LogP contribution in [0.2, 0.25) is 5.02 Å². The lowest BCUT2D eigenvalue weighted by Gasteiger charge is -2.36. The predicted octanol–water partition coefficient (Wildman–Crippen LogP) is 3.54. The van der Waals surface area contributed by atoms with Crippen LogP contribution < -0.4 is 0 Å². The fourth-order valence-electron chi connectivity index (χ4n) is 3.27. The largest absolute Gasteiger partial charge is 0.444 e. The lowest BCUT2D eigenvalue weighted by Crippen LogP contribution is -2.47. The molecule has 2 heterocycles. The summed E-state index contributed by atoms with van der Waals surface area (Å²) in [4.78, 5) is 9.32. The highest BCUT2D eigenvalue weighted by Crippen LogP contribution is 2.22. The Morgan fingerprint density at radius 3 is 2.76 bits per heavy atom. The molecule has 2 aromatic rings. The first-order valence-corrected chi connectivity index (χ1v) is 9.14. The van der Waals surface area contributed by atoms with Gasteiger partial charge >= 0.3 is 0 Å². The number of hydrogen-bond donors (Lipinski definition) is 0. The average molecular weight is 364 g/mol. The van der Waals surface area contributed by atoms with Gasteiger partial charge in [0.15, 0.2) is 0 Å². The molecule has 0 bridgehead atoms. The summed E-state index contributed by atoms with van der Waals surface area (Å²) in [5.74, 6) is 0.613. The molecule has 136 valence electrons. The van der Waals surface area contributed by atoms with Gasteiger partial charge in [0.25, 0.3) is 0 Å². The van der Waals surface area contributed by atoms with Gasteiger partial charge in [0.05, 0.1) is 17.9 Å². The number of halogens is 1. The molecule has 0 aliphatic carbocycles. The number of benzene rings is 1. The summed E-state index contributed by atoms with van der Waals surface area (Å²) in [7, 11) is 2.11. The van der Waals surface area contributed by atoms with Crippen molar-refractivity contribution in [2.45, 2.75) is 32.6 Å². The molecule has 1 fully saturated rings. The summed E-state index contributed by atoms with van der Waals surface area (Å²) in [5, 5.41) is 0.684. The molecular weight excluding hydrogens is 338 g/mol. The van der Waals surface area contributed by atoms with Crippen LogP contribution in [0.3, 0.4) is 0 Å². The molecular formula is C19H26ClN3O2. The normalized spacial score (nSPS) is 21.8. The third kappa shape index (κ3) is 5.28. The Hall–Kier alpha value is -1.40. The van der Waals surface area contributed by atoms with E-state index in [1.54, 1.807) is 6.26 Å². The van der Waals surface area contributed by atoms with E-state index < -0.39 is 0 Å². The van der Waals surface area contributed by atoms with Crippen molar-refractivity contribution < 1.29 is 9.15 Å². The monoisotopic (exact) mass is 363 g/mol. The van der Waals surface area contributed by atoms with E-state index in [9.17, 15) is 0 Å². The SMILES string of the molecule is C[C@@H]1CN(CCN(C)Cc2coc(-c3cccc(Cl)c3)n2)C[C@H](C)O1. The molecule has 0 saturated carbocycles. The number of likely N-dealkylation sites (N-methyl/N-ethyl adjacent to an activating group) is 1. The smallest absolute Gasteiger partial charge is 0.226 e. The molecule has 0 amide bonds. The Labute approximate surface area is 154 Å². The number of morpholine rings is 1. The van der Waals surface area contributed by atoms with Crippen LogP contribution in [0, 0.1) is 0 Å². The average Bonchev–Trinajstić information content (AvgIpc) is 3.00. The third-order valence-electron chi connectivity index (χ3n) is 4.35. The maximum absolute atomic E-state index is 6.03. The van der Waals surface area contributed by atoms with Crippen LogP contribution in [-0.2, 0) is 11.3 Å². The molecule has 1 saturated heterocycles. The summed E-state index contributed by atoms with van der Waals surface area (Å²) in [6.07, 6.45) is 2.35. The summed E-state index contributed by atoms with van der Waals surface area (Å²) < 4.78 is 11.4. The Morgan fingerprint density at radius 2 is 2.04 bits per heavy atom. The van der Waals surface area contributed by atoms with E-state index in [2.05, 4.69) is 35.7 Å². The van der Waals surface area contributed by atoms with Gasteiger partial charge in [-0.1, -0.05) is 17.7 Å². The number of oxazole rings is 1. The predicted molar refractivity (Wildman–Crippen MR) is 99.7 cm³/mol. The quantitative estimate of drug-likeness (QED) is 0.785. The standard InChI is InChI=1S/C19H26ClN3O2/c1-14-10-23(11-15(2)25-14)8-7-22(3)12-18-13-24-19(21-18)16-5-4-6-17(20)9-16/h4-6,9,13-15H,7-8,10-12H2,1-3H3/t14-,15+. The Bertz CT molecular complexity index is 681. The van der Waals surface area contributed by atoms with E-state index >= 15 is 0 Å². The third-order valence-corrected chi connectivity index (χ3v) is 4.58. The lowest BCUT2D eigenvalue weighted by molar-refractivity contribution is -0.0691. The zero-order valence-electron chi connectivity index (χ0n) is 15.1. The second kappa shape index (κ2) is 8.32. The Morgan fingerprint density at radius 1 is 1.28 bits per heavy atom. The van der Waals surface area contributed by atoms with E-state index in [4.69, 9.17) is 20.8 Å². The number of hydrogen-bond acceptors (Lipinski definition) is 5. The fraction of sp³-hybridized carbons (Fsp3) is 0.526. The van der Waals surface area contributed by atoms with Gasteiger partial charge in [-0.15, -0.1) is 0 Å². The molecule has 1 aromatic heterocycles. The summed E-state index contributed by atoms with van der Waals surface area (Å²) in [6.45, 7) is 9.06. The Kier molecular flexibility index (Phi) is 6.12. The first-order valence-electron chi connectivity index (χ1n) is 8.76. The van der Waals surface area contributed by atoms with Gasteiger partial charge in [0.2, 0.25) is 5.89 Å². The van der Waals surface area contributed by atoms with Crippen LogP contribution >= 0.6 is 11.6 Å². The molecule has 2 atom stereocenters. The van der Waals surface area contributed by atoms with Crippen molar-refractivity contribution in [3.8, 4) is 11.5 Å². The van der Waals surface area contributed by atoms with Crippen molar-refractivity contribution in [2.24, 2.45) is 0 Å². The highest BCUT2D eigenvalue weighted by atomic mass is 35.5. The van der Waals surface area contributed by atoms with E-state index in [1.165, 1.54) is 0 Å². The van der Waals surface area contributed by atoms with Crippen molar-refractivity contribution in [1.29, 1.82) is 0 Å². The first-order chi connectivity index (χ1) is 12.0. The van der Waals surface area contributed by atoms with Gasteiger partial charge in [0, 0.05) is 43.3 Å². The van der Waals surface area contributed by atoms with Crippen molar-refractivity contribution in [2.75, 3.05) is 33.2 Å². The minimum atomic E-state index is 0.310. The fourth-order valence-corrected chi connectivity index (χ4v) is 3.46. The Balaban J connectivity index is 1.51. The molecule has 25 heavy (non-hydrogen) atoms. The molecule has 0 unspecified atom stereocenters. The highest BCUT2D eigenvalue weighted by Gasteiger charge is 2.22. The highest BCUT2D eigenvalue weighted by molar-refractivity contribution is 6.30. The first kappa shape index (κ1) is 18.4. The van der Waals surface area contributed by atoms with Gasteiger partial charge < -0.3 is 9.15 Å². The zero-order chi connectivity index (χ0) is 17.8. The van der Waals surface area contributed by atoms with Crippen LogP contribution in [-0.4, -0.2) is 60.2 Å². The number of aromatic nitrogens is 1. The molecule has 0 radical (unpaired) electrons. The van der Waals surface area contributed by atoms with Gasteiger partial charge in [-0.3, -0.25) is 9.80 Å². The van der Waals surface area contributed by atoms with Crippen LogP contribution in [0.1, 0.15) is 19.5 Å². The summed E-state index contributed by atoms with van der Waals surface area (Å²) in [5.41, 5.74) is 1.83. The van der Waals surface area contributed by atoms with Crippen LogP contribution in [0.15, 0.2) is 34.9 Å². The molecule has 0 spiro atoms. The van der Waals surface area contributed by atoms with Gasteiger partial charge in [-0.2, -0.15) is 0 Å². The van der Waals surface area contributed by atoms with E-state index in [0.717, 1.165) is 44.0 Å². The van der Waals surface area contributed by atoms with Crippen molar-refractivity contribution in [3.63, 3.8) is 0 Å². The number of ether oxygens (including phenoxy) is 1. The second-order valence-corrected chi connectivity index (χ2v) is 7.35. The van der Waals surface area contributed by atoms with Crippen LogP contribution in [0.4, 0.5) is 0 Å². The van der Waals surface area contributed by atoms with E-state index in [1.807, 2.05) is 24.3 Å². The molecule has 3 rings (SSSR count). The van der Waals surface area contributed by atoms with Crippen molar-refractivity contribution in [1.82, 2.24) is 14.8 Å². The van der Waals surface area contributed by atoms with Crippen LogP contribution in [0.5, 0.6) is 0 Å². The number of nitrogens with zero attached hydrogens (tertiary/aromatic N) is 3. The molecule has 0 N–H and O–H groups in total. The molecule has 1 aromatic carbocycles. The maximum Gasteiger partial charge on any atom is 0.226 e. The molecule has 6 heteroatoms.